The summed E-state index contributed by atoms with van der Waals surface area (Å²) in [5, 5.41) is 9.46. The lowest BCUT2D eigenvalue weighted by Gasteiger charge is -2.36. The molecule has 0 unspecified atom stereocenters. The van der Waals surface area contributed by atoms with Gasteiger partial charge in [-0.05, 0) is 12.8 Å². The Kier molecular flexibility index (Phi) is 3.78. The maximum Gasteiger partial charge on any atom is 0.147 e. The maximum atomic E-state index is 9.46. The summed E-state index contributed by atoms with van der Waals surface area (Å²) in [6.45, 7) is 3.61. The van der Waals surface area contributed by atoms with Gasteiger partial charge in [-0.3, -0.25) is 4.98 Å². The first-order valence-corrected chi connectivity index (χ1v) is 8.05. The molecule has 0 atom stereocenters. The minimum absolute atomic E-state index is 0.158. The van der Waals surface area contributed by atoms with Crippen molar-refractivity contribution in [1.29, 1.82) is 0 Å². The Morgan fingerprint density at radius 2 is 1.65 bits per heavy atom. The highest BCUT2D eigenvalue weighted by atomic mass is 16.3. The van der Waals surface area contributed by atoms with E-state index in [9.17, 15) is 5.11 Å². The topological polar surface area (TPSA) is 78.3 Å². The van der Waals surface area contributed by atoms with Crippen molar-refractivity contribution in [2.45, 2.75) is 24.9 Å². The third-order valence-electron chi connectivity index (χ3n) is 4.68. The third-order valence-corrected chi connectivity index (χ3v) is 4.68. The molecule has 1 N–H and O–H groups in total. The van der Waals surface area contributed by atoms with E-state index in [1.807, 2.05) is 0 Å². The van der Waals surface area contributed by atoms with Gasteiger partial charge in [-0.25, -0.2) is 15.0 Å². The zero-order valence-electron chi connectivity index (χ0n) is 12.9. The standard InChI is InChI=1S/C16H20N6O/c23-13-7-12(8-13)14-9-15(20-11-19-14)21-3-5-22(6-4-21)16-10-17-1-2-18-16/h1-2,9-13,23H,3-8H2. The van der Waals surface area contributed by atoms with E-state index in [-0.39, 0.29) is 6.10 Å². The fourth-order valence-corrected chi connectivity index (χ4v) is 3.21. The Morgan fingerprint density at radius 1 is 0.913 bits per heavy atom. The van der Waals surface area contributed by atoms with Crippen LogP contribution in [-0.2, 0) is 0 Å². The van der Waals surface area contributed by atoms with Gasteiger partial charge in [0.1, 0.15) is 18.0 Å². The highest BCUT2D eigenvalue weighted by Gasteiger charge is 2.30. The number of aromatic nitrogens is 4. The highest BCUT2D eigenvalue weighted by molar-refractivity contribution is 5.44. The van der Waals surface area contributed by atoms with Crippen LogP contribution in [0.3, 0.4) is 0 Å². The van der Waals surface area contributed by atoms with Gasteiger partial charge in [0.25, 0.3) is 0 Å². The van der Waals surface area contributed by atoms with Gasteiger partial charge in [0.05, 0.1) is 12.3 Å². The van der Waals surface area contributed by atoms with Crippen molar-refractivity contribution in [2.75, 3.05) is 36.0 Å². The second-order valence-corrected chi connectivity index (χ2v) is 6.16. The average molecular weight is 312 g/mol. The van der Waals surface area contributed by atoms with Crippen LogP contribution in [0, 0.1) is 0 Å². The van der Waals surface area contributed by atoms with E-state index in [4.69, 9.17) is 0 Å². The maximum absolute atomic E-state index is 9.46. The number of rotatable bonds is 3. The van der Waals surface area contributed by atoms with E-state index < -0.39 is 0 Å². The van der Waals surface area contributed by atoms with E-state index >= 15 is 0 Å². The zero-order chi connectivity index (χ0) is 15.6. The van der Waals surface area contributed by atoms with Gasteiger partial charge >= 0.3 is 0 Å². The largest absolute Gasteiger partial charge is 0.393 e. The number of nitrogens with zero attached hydrogens (tertiary/aromatic N) is 6. The Morgan fingerprint density at radius 3 is 2.30 bits per heavy atom. The van der Waals surface area contributed by atoms with Crippen LogP contribution in [0.4, 0.5) is 11.6 Å². The highest BCUT2D eigenvalue weighted by Crippen LogP contribution is 2.36. The molecule has 1 saturated carbocycles. The first kappa shape index (κ1) is 14.3. The fraction of sp³-hybridized carbons (Fsp3) is 0.500. The molecule has 2 fully saturated rings. The van der Waals surface area contributed by atoms with Crippen molar-refractivity contribution in [1.82, 2.24) is 19.9 Å². The Bertz CT molecular complexity index is 653. The molecule has 7 heteroatoms. The molecule has 1 saturated heterocycles. The van der Waals surface area contributed by atoms with Crippen molar-refractivity contribution < 1.29 is 5.11 Å². The number of aliphatic hydroxyl groups excluding tert-OH is 1. The van der Waals surface area contributed by atoms with Gasteiger partial charge in [0.2, 0.25) is 0 Å². The van der Waals surface area contributed by atoms with Crippen molar-refractivity contribution in [3.05, 3.63) is 36.7 Å². The number of aliphatic hydroxyl groups is 1. The third kappa shape index (κ3) is 2.96. The van der Waals surface area contributed by atoms with E-state index in [2.05, 4.69) is 35.8 Å². The monoisotopic (exact) mass is 312 g/mol. The predicted molar refractivity (Wildman–Crippen MR) is 86.5 cm³/mol. The molecule has 3 heterocycles. The molecule has 7 nitrogen and oxygen atoms in total. The van der Waals surface area contributed by atoms with Crippen LogP contribution >= 0.6 is 0 Å². The summed E-state index contributed by atoms with van der Waals surface area (Å²) >= 11 is 0. The van der Waals surface area contributed by atoms with E-state index in [0.717, 1.165) is 56.4 Å². The van der Waals surface area contributed by atoms with Crippen molar-refractivity contribution in [2.24, 2.45) is 0 Å². The van der Waals surface area contributed by atoms with Crippen LogP contribution in [0.25, 0.3) is 0 Å². The molecule has 2 aliphatic rings. The number of anilines is 2. The molecule has 0 aromatic carbocycles. The molecule has 2 aromatic rings. The first-order valence-electron chi connectivity index (χ1n) is 8.05. The van der Waals surface area contributed by atoms with Crippen LogP contribution in [0.1, 0.15) is 24.5 Å². The summed E-state index contributed by atoms with van der Waals surface area (Å²) in [5.41, 5.74) is 1.05. The lowest BCUT2D eigenvalue weighted by atomic mass is 9.80. The van der Waals surface area contributed by atoms with E-state index in [0.29, 0.717) is 5.92 Å². The molecule has 2 aromatic heterocycles. The minimum atomic E-state index is -0.158. The van der Waals surface area contributed by atoms with Crippen LogP contribution in [-0.4, -0.2) is 57.3 Å². The molecule has 1 aliphatic heterocycles. The second kappa shape index (κ2) is 6.08. The number of piperazine rings is 1. The lowest BCUT2D eigenvalue weighted by Crippen LogP contribution is -2.47. The molecule has 120 valence electrons. The normalized spacial score (nSPS) is 24.4. The van der Waals surface area contributed by atoms with Gasteiger partial charge in [0.15, 0.2) is 0 Å². The van der Waals surface area contributed by atoms with Gasteiger partial charge in [-0.15, -0.1) is 0 Å². The van der Waals surface area contributed by atoms with Gasteiger partial charge in [0, 0.05) is 56.3 Å². The molecule has 4 rings (SSSR count). The lowest BCUT2D eigenvalue weighted by molar-refractivity contribution is 0.0732. The average Bonchev–Trinajstić information content (AvgIpc) is 2.60. The number of hydrogen-bond donors (Lipinski definition) is 1. The Hall–Kier alpha value is -2.28. The molecule has 0 bridgehead atoms. The first-order chi connectivity index (χ1) is 11.3. The molecule has 0 spiro atoms. The SMILES string of the molecule is OC1CC(c2cc(N3CCN(c4cnccn4)CC3)ncn2)C1. The van der Waals surface area contributed by atoms with Crippen LogP contribution in [0.5, 0.6) is 0 Å². The molecule has 1 aliphatic carbocycles. The quantitative estimate of drug-likeness (QED) is 0.899. The van der Waals surface area contributed by atoms with E-state index in [1.165, 1.54) is 0 Å². The molecule has 0 radical (unpaired) electrons. The van der Waals surface area contributed by atoms with Crippen molar-refractivity contribution in [3.63, 3.8) is 0 Å². The van der Waals surface area contributed by atoms with Crippen LogP contribution < -0.4 is 9.80 Å². The number of hydrogen-bond acceptors (Lipinski definition) is 7. The van der Waals surface area contributed by atoms with Crippen LogP contribution in [0.15, 0.2) is 31.0 Å². The summed E-state index contributed by atoms with van der Waals surface area (Å²) in [7, 11) is 0. The smallest absolute Gasteiger partial charge is 0.147 e. The van der Waals surface area contributed by atoms with Crippen molar-refractivity contribution in [3.8, 4) is 0 Å². The summed E-state index contributed by atoms with van der Waals surface area (Å²) in [5.74, 6) is 2.29. The minimum Gasteiger partial charge on any atom is -0.393 e. The van der Waals surface area contributed by atoms with Gasteiger partial charge < -0.3 is 14.9 Å². The Balaban J connectivity index is 1.41. The second-order valence-electron chi connectivity index (χ2n) is 6.16. The molecular formula is C16H20N6O. The summed E-state index contributed by atoms with van der Waals surface area (Å²) in [6.07, 6.45) is 8.35. The fourth-order valence-electron chi connectivity index (χ4n) is 3.21. The van der Waals surface area contributed by atoms with Gasteiger partial charge in [-0.1, -0.05) is 0 Å². The molecule has 23 heavy (non-hydrogen) atoms. The molecule has 0 amide bonds. The summed E-state index contributed by atoms with van der Waals surface area (Å²) < 4.78 is 0. The van der Waals surface area contributed by atoms with Gasteiger partial charge in [-0.2, -0.15) is 0 Å². The zero-order valence-corrected chi connectivity index (χ0v) is 12.9. The van der Waals surface area contributed by atoms with Crippen LogP contribution in [0.2, 0.25) is 0 Å². The predicted octanol–water partition coefficient (Wildman–Crippen LogP) is 0.831. The Labute approximate surface area is 135 Å². The summed E-state index contributed by atoms with van der Waals surface area (Å²) in [6, 6.07) is 2.08. The summed E-state index contributed by atoms with van der Waals surface area (Å²) in [4.78, 5) is 21.8. The van der Waals surface area contributed by atoms with E-state index in [1.54, 1.807) is 24.9 Å². The van der Waals surface area contributed by atoms with Crippen molar-refractivity contribution >= 4 is 11.6 Å². The molecular weight excluding hydrogens is 292 g/mol.